The van der Waals surface area contributed by atoms with Crippen LogP contribution in [-0.2, 0) is 4.74 Å². The zero-order valence-electron chi connectivity index (χ0n) is 16.1. The lowest BCUT2D eigenvalue weighted by atomic mass is 10.0. The number of aromatic nitrogens is 1. The maximum atomic E-state index is 15.3. The Morgan fingerprint density at radius 2 is 2.20 bits per heavy atom. The van der Waals surface area contributed by atoms with Gasteiger partial charge in [-0.15, -0.1) is 6.42 Å². The van der Waals surface area contributed by atoms with Crippen molar-refractivity contribution >= 4 is 22.7 Å². The smallest absolute Gasteiger partial charge is 0.449 e. The maximum Gasteiger partial charge on any atom is 0.511 e. The lowest BCUT2D eigenvalue weighted by molar-refractivity contribution is 0.0212. The second-order valence-corrected chi connectivity index (χ2v) is 7.83. The number of benzene rings is 1. The molecule has 1 aliphatic carbocycles. The number of hydrogen-bond acceptors (Lipinski definition) is 6. The molecule has 0 spiro atoms. The first-order valence-corrected chi connectivity index (χ1v) is 9.86. The van der Waals surface area contributed by atoms with Crippen LogP contribution in [-0.4, -0.2) is 54.2 Å². The second kappa shape index (κ2) is 7.00. The highest BCUT2D eigenvalue weighted by Crippen LogP contribution is 2.41. The Morgan fingerprint density at radius 3 is 2.87 bits per heavy atom. The van der Waals surface area contributed by atoms with E-state index in [0.29, 0.717) is 25.2 Å². The number of carbonyl (C=O) groups is 1. The number of fused-ring (bicyclic) bond motifs is 2. The van der Waals surface area contributed by atoms with Crippen molar-refractivity contribution < 1.29 is 23.8 Å². The zero-order chi connectivity index (χ0) is 21.0. The van der Waals surface area contributed by atoms with Gasteiger partial charge in [0.1, 0.15) is 5.82 Å². The first-order chi connectivity index (χ1) is 14.5. The fraction of sp³-hybridized carbons (Fsp3) is 0.429. The molecule has 2 N–H and O–H groups in total. The van der Waals surface area contributed by atoms with Crippen molar-refractivity contribution in [2.24, 2.45) is 0 Å². The third-order valence-electron chi connectivity index (χ3n) is 5.91. The van der Waals surface area contributed by atoms with Crippen LogP contribution in [0.3, 0.4) is 0 Å². The lowest BCUT2D eigenvalue weighted by Crippen LogP contribution is -2.47. The van der Waals surface area contributed by atoms with Crippen molar-refractivity contribution in [3.05, 3.63) is 33.9 Å². The minimum absolute atomic E-state index is 0.0147. The van der Waals surface area contributed by atoms with E-state index in [0.717, 1.165) is 25.5 Å². The molecular weight excluding hydrogens is 393 g/mol. The number of ether oxygens (including phenoxy) is 2. The summed E-state index contributed by atoms with van der Waals surface area (Å²) in [5.41, 5.74) is 0.286. The van der Waals surface area contributed by atoms with E-state index in [1.807, 2.05) is 4.90 Å². The number of nitrogens with one attached hydrogen (secondary N) is 1. The predicted molar refractivity (Wildman–Crippen MR) is 107 cm³/mol. The third-order valence-corrected chi connectivity index (χ3v) is 5.91. The molecule has 30 heavy (non-hydrogen) atoms. The number of halogens is 1. The van der Waals surface area contributed by atoms with Crippen molar-refractivity contribution in [3.8, 4) is 18.1 Å². The van der Waals surface area contributed by atoms with Gasteiger partial charge in [0.25, 0.3) is 0 Å². The molecule has 156 valence electrons. The number of rotatable bonds is 3. The van der Waals surface area contributed by atoms with Gasteiger partial charge >= 0.3 is 6.16 Å². The van der Waals surface area contributed by atoms with Crippen LogP contribution < -0.4 is 20.4 Å². The van der Waals surface area contributed by atoms with Gasteiger partial charge in [0, 0.05) is 25.7 Å². The summed E-state index contributed by atoms with van der Waals surface area (Å²) >= 11 is 0. The Bertz CT molecular complexity index is 1140. The van der Waals surface area contributed by atoms with Gasteiger partial charge in [0.2, 0.25) is 5.43 Å². The molecule has 0 bridgehead atoms. The van der Waals surface area contributed by atoms with E-state index in [9.17, 15) is 9.59 Å². The summed E-state index contributed by atoms with van der Waals surface area (Å²) in [5.74, 6) is 1.60. The van der Waals surface area contributed by atoms with Crippen LogP contribution in [0.15, 0.2) is 17.1 Å². The monoisotopic (exact) mass is 413 g/mol. The fourth-order valence-corrected chi connectivity index (χ4v) is 4.48. The van der Waals surface area contributed by atoms with E-state index < -0.39 is 17.4 Å². The highest BCUT2D eigenvalue weighted by atomic mass is 19.1. The molecule has 1 saturated carbocycles. The summed E-state index contributed by atoms with van der Waals surface area (Å²) < 4.78 is 27.5. The number of hydrogen-bond donors (Lipinski definition) is 2. The van der Waals surface area contributed by atoms with Crippen LogP contribution in [0.2, 0.25) is 0 Å². The van der Waals surface area contributed by atoms with E-state index in [4.69, 9.17) is 16.3 Å². The van der Waals surface area contributed by atoms with E-state index in [-0.39, 0.29) is 40.6 Å². The zero-order valence-corrected chi connectivity index (χ0v) is 16.1. The molecule has 5 rings (SSSR count). The Balaban J connectivity index is 1.71. The second-order valence-electron chi connectivity index (χ2n) is 7.83. The number of carboxylic acid groups (broad SMARTS) is 1. The highest BCUT2D eigenvalue weighted by molar-refractivity contribution is 5.92. The molecule has 2 saturated heterocycles. The summed E-state index contributed by atoms with van der Waals surface area (Å²) in [5, 5.41) is 12.3. The molecule has 3 heterocycles. The quantitative estimate of drug-likeness (QED) is 0.584. The standard InChI is InChI=1S/C21H20FN3O5/c1-2-12-18-13(20(26)17(30-21(27)28)10-25(18)11-3-4-11)7-14(22)19(12)24-8-15-16(9-24)29-6-5-23-15/h1,7,10-11,15-16,23H,3-6,8-9H2,(H,27,28). The Morgan fingerprint density at radius 1 is 1.40 bits per heavy atom. The van der Waals surface area contributed by atoms with Crippen molar-refractivity contribution in [1.82, 2.24) is 9.88 Å². The third kappa shape index (κ3) is 3.00. The van der Waals surface area contributed by atoms with Gasteiger partial charge in [-0.3, -0.25) is 4.79 Å². The normalized spacial score (nSPS) is 23.3. The molecule has 0 amide bonds. The molecule has 2 atom stereocenters. The molecule has 9 heteroatoms. The first kappa shape index (κ1) is 18.9. The lowest BCUT2D eigenvalue weighted by Gasteiger charge is -2.25. The number of anilines is 1. The average Bonchev–Trinajstić information content (AvgIpc) is 3.47. The summed E-state index contributed by atoms with van der Waals surface area (Å²) in [6.45, 7) is 2.37. The number of nitrogens with zero attached hydrogens (tertiary/aromatic N) is 2. The molecule has 1 aromatic carbocycles. The number of morpholine rings is 1. The van der Waals surface area contributed by atoms with Crippen LogP contribution in [0, 0.1) is 18.2 Å². The number of pyridine rings is 1. The summed E-state index contributed by atoms with van der Waals surface area (Å²) in [4.78, 5) is 25.7. The summed E-state index contributed by atoms with van der Waals surface area (Å²) in [6.07, 6.45) is 7.24. The first-order valence-electron chi connectivity index (χ1n) is 9.86. The molecule has 3 fully saturated rings. The molecule has 8 nitrogen and oxygen atoms in total. The van der Waals surface area contributed by atoms with Gasteiger partial charge in [-0.1, -0.05) is 5.92 Å². The van der Waals surface area contributed by atoms with Gasteiger partial charge in [-0.05, 0) is 18.9 Å². The molecule has 1 aromatic heterocycles. The van der Waals surface area contributed by atoms with Crippen LogP contribution >= 0.6 is 0 Å². The van der Waals surface area contributed by atoms with Crippen molar-refractivity contribution in [2.45, 2.75) is 31.0 Å². The highest BCUT2D eigenvalue weighted by Gasteiger charge is 2.38. The Kier molecular flexibility index (Phi) is 4.41. The summed E-state index contributed by atoms with van der Waals surface area (Å²) in [7, 11) is 0. The topological polar surface area (TPSA) is 93.0 Å². The van der Waals surface area contributed by atoms with Gasteiger partial charge in [-0.2, -0.15) is 0 Å². The van der Waals surface area contributed by atoms with Gasteiger partial charge in [0.15, 0.2) is 5.75 Å². The molecule has 0 radical (unpaired) electrons. The van der Waals surface area contributed by atoms with Crippen molar-refractivity contribution in [1.29, 1.82) is 0 Å². The molecule has 2 aromatic rings. The van der Waals surface area contributed by atoms with Crippen LogP contribution in [0.1, 0.15) is 24.4 Å². The van der Waals surface area contributed by atoms with Gasteiger partial charge < -0.3 is 29.4 Å². The molecule has 3 aliphatic rings. The van der Waals surface area contributed by atoms with Crippen molar-refractivity contribution in [2.75, 3.05) is 31.1 Å². The van der Waals surface area contributed by atoms with Gasteiger partial charge in [0.05, 0.1) is 47.1 Å². The van der Waals surface area contributed by atoms with Crippen molar-refractivity contribution in [3.63, 3.8) is 0 Å². The van der Waals surface area contributed by atoms with E-state index in [2.05, 4.69) is 16.0 Å². The maximum absolute atomic E-state index is 15.3. The van der Waals surface area contributed by atoms with Crippen LogP contribution in [0.5, 0.6) is 5.75 Å². The summed E-state index contributed by atoms with van der Waals surface area (Å²) in [6, 6.07) is 1.27. The van der Waals surface area contributed by atoms with E-state index in [1.165, 1.54) is 6.20 Å². The molecular formula is C21H20FN3O5. The SMILES string of the molecule is C#Cc1c(N2CC3NCCOC3C2)c(F)cc2c(=O)c(OC(=O)O)cn(C3CC3)c12. The minimum Gasteiger partial charge on any atom is -0.449 e. The molecule has 2 aliphatic heterocycles. The van der Waals surface area contributed by atoms with Crippen LogP contribution in [0.25, 0.3) is 10.9 Å². The largest absolute Gasteiger partial charge is 0.511 e. The van der Waals surface area contributed by atoms with E-state index in [1.54, 1.807) is 4.57 Å². The Labute approximate surface area is 171 Å². The molecule has 2 unspecified atom stereocenters. The fourth-order valence-electron chi connectivity index (χ4n) is 4.48. The van der Waals surface area contributed by atoms with E-state index >= 15 is 4.39 Å². The predicted octanol–water partition coefficient (Wildman–Crippen LogP) is 1.69. The van der Waals surface area contributed by atoms with Gasteiger partial charge in [-0.25, -0.2) is 9.18 Å². The average molecular weight is 413 g/mol. The van der Waals surface area contributed by atoms with Crippen LogP contribution in [0.4, 0.5) is 14.9 Å². The number of terminal acetylenes is 1. The Hall–Kier alpha value is -3.09. The minimum atomic E-state index is -1.60.